The summed E-state index contributed by atoms with van der Waals surface area (Å²) in [6.07, 6.45) is 0.589. The summed E-state index contributed by atoms with van der Waals surface area (Å²) in [4.78, 5) is 12.2. The lowest BCUT2D eigenvalue weighted by molar-refractivity contribution is -0.870. The smallest absolute Gasteiger partial charge is 0.328 e. The van der Waals surface area contributed by atoms with Gasteiger partial charge in [-0.05, 0) is 32.0 Å². The summed E-state index contributed by atoms with van der Waals surface area (Å²) in [6, 6.07) is 0. The van der Waals surface area contributed by atoms with Crippen molar-refractivity contribution in [2.45, 2.75) is 25.8 Å². The molecule has 0 spiro atoms. The molecular formula is C10H25ClN2O3P+. The van der Waals surface area contributed by atoms with Crippen LogP contribution in [0.1, 0.15) is 20.3 Å². The van der Waals surface area contributed by atoms with Crippen LogP contribution in [0.2, 0.25) is 0 Å². The third-order valence-electron chi connectivity index (χ3n) is 2.33. The second kappa shape index (κ2) is 6.50. The van der Waals surface area contributed by atoms with Crippen LogP contribution in [0.15, 0.2) is 0 Å². The first-order chi connectivity index (χ1) is 7.47. The lowest BCUT2D eigenvalue weighted by atomic mass is 10.0. The highest BCUT2D eigenvalue weighted by atomic mass is 35.5. The van der Waals surface area contributed by atoms with Gasteiger partial charge in [0.25, 0.3) is 0 Å². The number of nitrogens with one attached hydrogen (secondary N) is 1. The third-order valence-corrected chi connectivity index (χ3v) is 4.22. The predicted molar refractivity (Wildman–Crippen MR) is 71.2 cm³/mol. The van der Waals surface area contributed by atoms with Crippen LogP contribution in [-0.4, -0.2) is 55.4 Å². The van der Waals surface area contributed by atoms with Crippen LogP contribution >= 0.6 is 19.4 Å². The first kappa shape index (κ1) is 17.4. The van der Waals surface area contributed by atoms with E-state index in [1.807, 2.05) is 35.0 Å². The maximum atomic E-state index is 11.7. The number of hydrogen-bond donors (Lipinski definition) is 2. The molecule has 0 amide bonds. The Hall–Kier alpha value is 0.360. The maximum absolute atomic E-state index is 11.7. The van der Waals surface area contributed by atoms with E-state index in [4.69, 9.17) is 16.3 Å². The normalized spacial score (nSPS) is 16.9. The first-order valence-corrected chi connectivity index (χ1v) is 7.76. The molecule has 0 saturated heterocycles. The van der Waals surface area contributed by atoms with Gasteiger partial charge in [0.1, 0.15) is 13.2 Å². The summed E-state index contributed by atoms with van der Waals surface area (Å²) in [5.74, 6) is 0. The predicted octanol–water partition coefficient (Wildman–Crippen LogP) is 1.81. The standard InChI is InChI=1S/C10H24ClN2O3P/c1-10(2,12-11)6-9-17(14,15)16-8-7-13(3,4)5/h12H,6-9H2,1-5H3/p+1. The largest absolute Gasteiger partial charge is 0.329 e. The van der Waals surface area contributed by atoms with Crippen molar-refractivity contribution in [1.82, 2.24) is 4.84 Å². The lowest BCUT2D eigenvalue weighted by Crippen LogP contribution is -2.37. The van der Waals surface area contributed by atoms with Gasteiger partial charge in [-0.15, -0.1) is 0 Å². The van der Waals surface area contributed by atoms with Crippen LogP contribution in [-0.2, 0) is 9.09 Å². The molecule has 0 radical (unpaired) electrons. The van der Waals surface area contributed by atoms with Crippen LogP contribution < -0.4 is 4.84 Å². The van der Waals surface area contributed by atoms with Crippen LogP contribution in [0.3, 0.4) is 0 Å². The summed E-state index contributed by atoms with van der Waals surface area (Å²) < 4.78 is 17.5. The van der Waals surface area contributed by atoms with Gasteiger partial charge in [-0.25, -0.2) is 4.84 Å². The van der Waals surface area contributed by atoms with Crippen molar-refractivity contribution >= 4 is 19.4 Å². The number of nitrogens with zero attached hydrogens (tertiary/aromatic N) is 1. The Morgan fingerprint density at radius 1 is 1.41 bits per heavy atom. The Labute approximate surface area is 109 Å². The van der Waals surface area contributed by atoms with Crippen molar-refractivity contribution < 1.29 is 18.5 Å². The van der Waals surface area contributed by atoms with Crippen molar-refractivity contribution in [1.29, 1.82) is 0 Å². The van der Waals surface area contributed by atoms with E-state index in [0.717, 1.165) is 0 Å². The Balaban J connectivity index is 4.01. The maximum Gasteiger partial charge on any atom is 0.328 e. The third kappa shape index (κ3) is 10.0. The van der Waals surface area contributed by atoms with E-state index < -0.39 is 7.60 Å². The molecule has 0 rings (SSSR count). The Bertz CT molecular complexity index is 279. The van der Waals surface area contributed by atoms with E-state index in [1.165, 1.54) is 0 Å². The fraction of sp³-hybridized carbons (Fsp3) is 1.00. The molecule has 1 unspecified atom stereocenters. The number of rotatable bonds is 8. The topological polar surface area (TPSA) is 58.6 Å². The zero-order chi connectivity index (χ0) is 13.7. The van der Waals surface area contributed by atoms with Crippen molar-refractivity contribution in [3.8, 4) is 0 Å². The van der Waals surface area contributed by atoms with Crippen molar-refractivity contribution in [2.75, 3.05) is 40.5 Å². The minimum absolute atomic E-state index is 0.108. The molecule has 7 heteroatoms. The number of halogens is 1. The van der Waals surface area contributed by atoms with Gasteiger partial charge < -0.3 is 13.9 Å². The van der Waals surface area contributed by atoms with Crippen LogP contribution in [0, 0.1) is 0 Å². The Kier molecular flexibility index (Phi) is 6.64. The molecule has 2 N–H and O–H groups in total. The van der Waals surface area contributed by atoms with Gasteiger partial charge in [-0.1, -0.05) is 0 Å². The molecule has 104 valence electrons. The minimum atomic E-state index is -3.50. The van der Waals surface area contributed by atoms with Gasteiger partial charge in [-0.2, -0.15) is 0 Å². The van der Waals surface area contributed by atoms with Gasteiger partial charge >= 0.3 is 7.60 Å². The van der Waals surface area contributed by atoms with Gasteiger partial charge in [-0.3, -0.25) is 4.57 Å². The van der Waals surface area contributed by atoms with Crippen molar-refractivity contribution in [2.24, 2.45) is 0 Å². The summed E-state index contributed by atoms with van der Waals surface area (Å²) in [5, 5.41) is 0. The number of likely N-dealkylation sites (N-methyl/N-ethyl adjacent to an activating group) is 1. The highest BCUT2D eigenvalue weighted by molar-refractivity contribution is 7.52. The average molecular weight is 288 g/mol. The van der Waals surface area contributed by atoms with Gasteiger partial charge in [0, 0.05) is 5.54 Å². The van der Waals surface area contributed by atoms with Crippen LogP contribution in [0.25, 0.3) is 0 Å². The van der Waals surface area contributed by atoms with E-state index in [2.05, 4.69) is 4.84 Å². The molecule has 0 aliphatic heterocycles. The first-order valence-electron chi connectivity index (χ1n) is 5.62. The van der Waals surface area contributed by atoms with E-state index >= 15 is 0 Å². The van der Waals surface area contributed by atoms with Gasteiger partial charge in [0.15, 0.2) is 0 Å². The molecule has 0 aliphatic rings. The molecule has 0 aromatic carbocycles. The molecule has 5 nitrogen and oxygen atoms in total. The van der Waals surface area contributed by atoms with Crippen LogP contribution in [0.5, 0.6) is 0 Å². The fourth-order valence-electron chi connectivity index (χ4n) is 0.990. The zero-order valence-corrected chi connectivity index (χ0v) is 13.0. The van der Waals surface area contributed by atoms with Crippen molar-refractivity contribution in [3.63, 3.8) is 0 Å². The second-order valence-corrected chi connectivity index (χ2v) is 8.11. The lowest BCUT2D eigenvalue weighted by Gasteiger charge is -2.25. The summed E-state index contributed by atoms with van der Waals surface area (Å²) in [7, 11) is 2.52. The number of quaternary nitrogens is 1. The minimum Gasteiger partial charge on any atom is -0.329 e. The SMILES string of the molecule is CC(C)(CCP(=O)(O)OCC[N+](C)(C)C)NCl. The average Bonchev–Trinajstić information content (AvgIpc) is 2.13. The monoisotopic (exact) mass is 287 g/mol. The fourth-order valence-corrected chi connectivity index (χ4v) is 2.42. The van der Waals surface area contributed by atoms with E-state index in [1.54, 1.807) is 0 Å². The molecule has 1 atom stereocenters. The molecule has 0 aliphatic carbocycles. The van der Waals surface area contributed by atoms with Crippen LogP contribution in [0.4, 0.5) is 0 Å². The van der Waals surface area contributed by atoms with E-state index in [-0.39, 0.29) is 18.3 Å². The van der Waals surface area contributed by atoms with Crippen molar-refractivity contribution in [3.05, 3.63) is 0 Å². The molecular weight excluding hydrogens is 263 g/mol. The van der Waals surface area contributed by atoms with E-state index in [9.17, 15) is 9.46 Å². The molecule has 0 aromatic heterocycles. The molecule has 0 heterocycles. The summed E-state index contributed by atoms with van der Waals surface area (Å²) in [5.41, 5.74) is -0.372. The van der Waals surface area contributed by atoms with Gasteiger partial charge in [0.2, 0.25) is 0 Å². The number of hydrogen-bond acceptors (Lipinski definition) is 3. The molecule has 0 bridgehead atoms. The summed E-state index contributed by atoms with van der Waals surface area (Å²) >= 11 is 5.52. The highest BCUT2D eigenvalue weighted by Gasteiger charge is 2.25. The summed E-state index contributed by atoms with van der Waals surface area (Å²) in [6.45, 7) is 4.71. The quantitative estimate of drug-likeness (QED) is 0.406. The Morgan fingerprint density at radius 2 is 1.94 bits per heavy atom. The van der Waals surface area contributed by atoms with E-state index in [0.29, 0.717) is 17.4 Å². The van der Waals surface area contributed by atoms with Gasteiger partial charge in [0.05, 0.1) is 27.3 Å². The zero-order valence-electron chi connectivity index (χ0n) is 11.4. The molecule has 0 saturated carbocycles. The second-order valence-electron chi connectivity index (χ2n) is 5.94. The molecule has 0 aromatic rings. The molecule has 17 heavy (non-hydrogen) atoms. The highest BCUT2D eigenvalue weighted by Crippen LogP contribution is 2.43. The Morgan fingerprint density at radius 3 is 2.35 bits per heavy atom. The molecule has 0 fully saturated rings.